The molecule has 7 heteroatoms. The second kappa shape index (κ2) is 7.45. The molecule has 0 atom stereocenters. The minimum atomic E-state index is -3.13. The molecule has 1 aliphatic rings. The van der Waals surface area contributed by atoms with Crippen LogP contribution in [0.5, 0.6) is 0 Å². The summed E-state index contributed by atoms with van der Waals surface area (Å²) < 4.78 is 23.6. The van der Waals surface area contributed by atoms with E-state index in [-0.39, 0.29) is 40.7 Å². The molecule has 138 valence electrons. The van der Waals surface area contributed by atoms with Gasteiger partial charge in [-0.2, -0.15) is 0 Å². The molecular formula is C16H34IN3O2S. The van der Waals surface area contributed by atoms with Gasteiger partial charge in [-0.25, -0.2) is 8.42 Å². The Hall–Kier alpha value is -0.0500. The Kier molecular flexibility index (Phi) is 7.44. The van der Waals surface area contributed by atoms with Crippen molar-refractivity contribution in [1.82, 2.24) is 10.2 Å². The molecule has 0 saturated carbocycles. The number of nitrogens with one attached hydrogen (secondary N) is 1. The fourth-order valence-electron chi connectivity index (χ4n) is 2.37. The molecule has 0 bridgehead atoms. The molecule has 0 amide bonds. The van der Waals surface area contributed by atoms with Crippen molar-refractivity contribution in [3.05, 3.63) is 0 Å². The van der Waals surface area contributed by atoms with E-state index in [0.717, 1.165) is 19.0 Å². The molecule has 23 heavy (non-hydrogen) atoms. The zero-order valence-electron chi connectivity index (χ0n) is 15.9. The molecule has 5 nitrogen and oxygen atoms in total. The molecule has 0 aliphatic carbocycles. The fourth-order valence-corrected chi connectivity index (χ4v) is 3.32. The zero-order chi connectivity index (χ0) is 17.4. The average Bonchev–Trinajstić information content (AvgIpc) is 2.33. The molecule has 1 rings (SSSR count). The molecular weight excluding hydrogens is 425 g/mol. The number of aliphatic imine (C=N–C) groups is 1. The lowest BCUT2D eigenvalue weighted by atomic mass is 9.65. The van der Waals surface area contributed by atoms with Crippen LogP contribution in [0, 0.1) is 5.41 Å². The third-order valence-electron chi connectivity index (χ3n) is 5.03. The summed E-state index contributed by atoms with van der Waals surface area (Å²) in [6.07, 6.45) is 0. The molecule has 1 N–H and O–H groups in total. The number of nitrogens with zero attached hydrogens (tertiary/aromatic N) is 2. The van der Waals surface area contributed by atoms with Gasteiger partial charge >= 0.3 is 0 Å². The molecule has 0 aromatic rings. The van der Waals surface area contributed by atoms with Crippen molar-refractivity contribution in [2.75, 3.05) is 25.4 Å². The maximum absolute atomic E-state index is 12.2. The van der Waals surface area contributed by atoms with Gasteiger partial charge in [0.25, 0.3) is 0 Å². The van der Waals surface area contributed by atoms with E-state index >= 15 is 0 Å². The molecule has 0 radical (unpaired) electrons. The minimum absolute atomic E-state index is 0. The second-order valence-electron chi connectivity index (χ2n) is 8.20. The first-order valence-corrected chi connectivity index (χ1v) is 9.70. The first-order valence-electron chi connectivity index (χ1n) is 8.04. The summed E-state index contributed by atoms with van der Waals surface area (Å²) in [7, 11) is -3.13. The highest BCUT2D eigenvalue weighted by atomic mass is 127. The first-order chi connectivity index (χ1) is 9.76. The van der Waals surface area contributed by atoms with Crippen LogP contribution in [-0.4, -0.2) is 55.0 Å². The van der Waals surface area contributed by atoms with E-state index in [0.29, 0.717) is 6.54 Å². The lowest BCUT2D eigenvalue weighted by molar-refractivity contribution is -0.0667. The van der Waals surface area contributed by atoms with Gasteiger partial charge in [0.1, 0.15) is 0 Å². The highest BCUT2D eigenvalue weighted by Crippen LogP contribution is 2.46. The smallest absolute Gasteiger partial charge is 0.194 e. The van der Waals surface area contributed by atoms with Gasteiger partial charge in [0.15, 0.2) is 15.8 Å². The Bertz CT molecular complexity index is 534. The summed E-state index contributed by atoms with van der Waals surface area (Å²) >= 11 is 0. The van der Waals surface area contributed by atoms with Crippen molar-refractivity contribution in [3.8, 4) is 0 Å². The summed E-state index contributed by atoms with van der Waals surface area (Å²) in [5, 5.41) is 3.28. The topological polar surface area (TPSA) is 61.8 Å². The van der Waals surface area contributed by atoms with E-state index in [2.05, 4.69) is 42.9 Å². The largest absolute Gasteiger partial charge is 0.356 e. The average molecular weight is 459 g/mol. The number of rotatable bonds is 4. The normalized spacial score (nSPS) is 20.5. The van der Waals surface area contributed by atoms with Crippen molar-refractivity contribution in [3.63, 3.8) is 0 Å². The number of halogens is 1. The molecule has 0 unspecified atom stereocenters. The van der Waals surface area contributed by atoms with Crippen LogP contribution >= 0.6 is 24.0 Å². The van der Waals surface area contributed by atoms with Crippen molar-refractivity contribution in [2.24, 2.45) is 10.4 Å². The summed E-state index contributed by atoms with van der Waals surface area (Å²) in [5.41, 5.74) is 0.234. The maximum atomic E-state index is 12.2. The number of hydrogen-bond acceptors (Lipinski definition) is 3. The molecule has 1 aliphatic heterocycles. The SMILES string of the molecule is CCNC(=NCCS(=O)(=O)C(C)(C)C)N1CC(C)(C)C1(C)C.I. The van der Waals surface area contributed by atoms with Crippen LogP contribution < -0.4 is 5.32 Å². The second-order valence-corrected chi connectivity index (χ2v) is 11.1. The first kappa shape index (κ1) is 22.9. The lowest BCUT2D eigenvalue weighted by Gasteiger charge is -2.62. The summed E-state index contributed by atoms with van der Waals surface area (Å²) in [6, 6.07) is 0. The Balaban J connectivity index is 0.00000484. The Morgan fingerprint density at radius 2 is 1.74 bits per heavy atom. The summed E-state index contributed by atoms with van der Waals surface area (Å²) in [6.45, 7) is 18.1. The molecule has 0 spiro atoms. The van der Waals surface area contributed by atoms with Crippen LogP contribution in [0.25, 0.3) is 0 Å². The monoisotopic (exact) mass is 459 g/mol. The van der Waals surface area contributed by atoms with Gasteiger partial charge in [0, 0.05) is 24.0 Å². The number of sulfone groups is 1. The van der Waals surface area contributed by atoms with Gasteiger partial charge in [-0.3, -0.25) is 4.99 Å². The van der Waals surface area contributed by atoms with E-state index < -0.39 is 14.6 Å². The van der Waals surface area contributed by atoms with Gasteiger partial charge in [0.2, 0.25) is 0 Å². The van der Waals surface area contributed by atoms with Gasteiger partial charge in [-0.1, -0.05) is 13.8 Å². The number of likely N-dealkylation sites (tertiary alicyclic amines) is 1. The quantitative estimate of drug-likeness (QED) is 0.399. The summed E-state index contributed by atoms with van der Waals surface area (Å²) in [4.78, 5) is 6.78. The van der Waals surface area contributed by atoms with Crippen LogP contribution in [0.3, 0.4) is 0 Å². The van der Waals surface area contributed by atoms with Crippen molar-refractivity contribution in [1.29, 1.82) is 0 Å². The predicted octanol–water partition coefficient (Wildman–Crippen LogP) is 2.90. The van der Waals surface area contributed by atoms with E-state index in [9.17, 15) is 8.42 Å². The Morgan fingerprint density at radius 1 is 1.22 bits per heavy atom. The van der Waals surface area contributed by atoms with Crippen LogP contribution in [0.15, 0.2) is 4.99 Å². The van der Waals surface area contributed by atoms with Crippen LogP contribution in [0.4, 0.5) is 0 Å². The van der Waals surface area contributed by atoms with Crippen molar-refractivity contribution < 1.29 is 8.42 Å². The highest BCUT2D eigenvalue weighted by molar-refractivity contribution is 14.0. The molecule has 0 aromatic heterocycles. The van der Waals surface area contributed by atoms with Gasteiger partial charge in [-0.15, -0.1) is 24.0 Å². The van der Waals surface area contributed by atoms with Crippen LogP contribution in [-0.2, 0) is 9.84 Å². The number of hydrogen-bond donors (Lipinski definition) is 1. The van der Waals surface area contributed by atoms with Crippen molar-refractivity contribution in [2.45, 2.75) is 65.7 Å². The van der Waals surface area contributed by atoms with E-state index in [1.165, 1.54) is 0 Å². The van der Waals surface area contributed by atoms with Crippen molar-refractivity contribution >= 4 is 39.8 Å². The third-order valence-corrected chi connectivity index (χ3v) is 7.62. The van der Waals surface area contributed by atoms with Gasteiger partial charge < -0.3 is 10.2 Å². The van der Waals surface area contributed by atoms with E-state index in [1.807, 2.05) is 6.92 Å². The van der Waals surface area contributed by atoms with E-state index in [1.54, 1.807) is 20.8 Å². The minimum Gasteiger partial charge on any atom is -0.356 e. The van der Waals surface area contributed by atoms with Gasteiger partial charge in [0.05, 0.1) is 17.0 Å². The molecule has 1 heterocycles. The molecule has 1 saturated heterocycles. The fraction of sp³-hybridized carbons (Fsp3) is 0.938. The van der Waals surface area contributed by atoms with Crippen LogP contribution in [0.1, 0.15) is 55.4 Å². The highest BCUT2D eigenvalue weighted by Gasteiger charge is 2.53. The standard InChI is InChI=1S/C16H33N3O2S.HI/c1-9-17-13(19-12-15(5,6)16(19,7)8)18-10-11-22(20,21)14(2,3)4;/h9-12H2,1-8H3,(H,17,18);1H. The number of guanidine groups is 1. The Morgan fingerprint density at radius 3 is 2.09 bits per heavy atom. The van der Waals surface area contributed by atoms with Gasteiger partial charge in [-0.05, 0) is 41.5 Å². The molecule has 0 aromatic carbocycles. The summed E-state index contributed by atoms with van der Waals surface area (Å²) in [5.74, 6) is 0.902. The third kappa shape index (κ3) is 4.74. The molecule has 1 fully saturated rings. The maximum Gasteiger partial charge on any atom is 0.194 e. The zero-order valence-corrected chi connectivity index (χ0v) is 19.0. The predicted molar refractivity (Wildman–Crippen MR) is 109 cm³/mol. The lowest BCUT2D eigenvalue weighted by Crippen LogP contribution is -2.72. The Labute approximate surface area is 159 Å². The van der Waals surface area contributed by atoms with E-state index in [4.69, 9.17) is 0 Å². The van der Waals surface area contributed by atoms with Crippen LogP contribution in [0.2, 0.25) is 0 Å².